The number of para-hydroxylation sites is 1. The van der Waals surface area contributed by atoms with Crippen LogP contribution in [0.2, 0.25) is 0 Å². The number of carbonyl (C=O) groups is 1. The van der Waals surface area contributed by atoms with E-state index in [0.717, 1.165) is 39.4 Å². The first-order chi connectivity index (χ1) is 17.2. The Morgan fingerprint density at radius 1 is 0.943 bits per heavy atom. The number of aromatic nitrogens is 1. The Balaban J connectivity index is 1.30. The summed E-state index contributed by atoms with van der Waals surface area (Å²) in [6.07, 6.45) is 3.84. The Morgan fingerprint density at radius 2 is 1.60 bits per heavy atom. The SMILES string of the molecule is COc1ccc(Oc2ccc(N=Cc3cn(CC(=O)N4CCOCC4)c4ccccc34)cc2)cc1. The second-order valence-electron chi connectivity index (χ2n) is 8.25. The predicted molar refractivity (Wildman–Crippen MR) is 136 cm³/mol. The fraction of sp³-hybridized carbons (Fsp3) is 0.214. The predicted octanol–water partition coefficient (Wildman–Crippen LogP) is 5.05. The van der Waals surface area contributed by atoms with Gasteiger partial charge in [0.25, 0.3) is 0 Å². The third-order valence-electron chi connectivity index (χ3n) is 5.97. The van der Waals surface area contributed by atoms with E-state index in [4.69, 9.17) is 14.2 Å². The molecule has 1 saturated heterocycles. The second-order valence-corrected chi connectivity index (χ2v) is 8.25. The Morgan fingerprint density at radius 3 is 2.31 bits per heavy atom. The molecule has 1 aliphatic heterocycles. The number of aliphatic imine (C=N–C) groups is 1. The lowest BCUT2D eigenvalue weighted by Crippen LogP contribution is -2.42. The quantitative estimate of drug-likeness (QED) is 0.355. The van der Waals surface area contributed by atoms with Gasteiger partial charge in [0.1, 0.15) is 23.8 Å². The van der Waals surface area contributed by atoms with Gasteiger partial charge in [-0.05, 0) is 54.6 Å². The lowest BCUT2D eigenvalue weighted by Gasteiger charge is -2.27. The first-order valence-corrected chi connectivity index (χ1v) is 11.6. The van der Waals surface area contributed by atoms with Crippen LogP contribution in [0.3, 0.4) is 0 Å². The molecule has 178 valence electrons. The summed E-state index contributed by atoms with van der Waals surface area (Å²) >= 11 is 0. The van der Waals surface area contributed by atoms with Crippen molar-refractivity contribution in [1.29, 1.82) is 0 Å². The highest BCUT2D eigenvalue weighted by atomic mass is 16.5. The molecule has 1 amide bonds. The monoisotopic (exact) mass is 469 g/mol. The molecule has 1 fully saturated rings. The van der Waals surface area contributed by atoms with Crippen molar-refractivity contribution in [2.45, 2.75) is 6.54 Å². The summed E-state index contributed by atoms with van der Waals surface area (Å²) in [5, 5.41) is 1.06. The molecule has 3 aromatic carbocycles. The Kier molecular flexibility index (Phi) is 6.77. The van der Waals surface area contributed by atoms with Crippen molar-refractivity contribution in [3.63, 3.8) is 0 Å². The van der Waals surface area contributed by atoms with Crippen LogP contribution >= 0.6 is 0 Å². The smallest absolute Gasteiger partial charge is 0.242 e. The first-order valence-electron chi connectivity index (χ1n) is 11.6. The zero-order chi connectivity index (χ0) is 24.0. The minimum absolute atomic E-state index is 0.102. The molecule has 0 N–H and O–H groups in total. The average Bonchev–Trinajstić information content (AvgIpc) is 3.26. The van der Waals surface area contributed by atoms with Gasteiger partial charge in [-0.15, -0.1) is 0 Å². The highest BCUT2D eigenvalue weighted by molar-refractivity contribution is 6.00. The van der Waals surface area contributed by atoms with Crippen molar-refractivity contribution in [3.05, 3.63) is 84.6 Å². The fourth-order valence-corrected chi connectivity index (χ4v) is 4.09. The molecule has 0 radical (unpaired) electrons. The first kappa shape index (κ1) is 22.7. The van der Waals surface area contributed by atoms with Crippen molar-refractivity contribution >= 4 is 28.7 Å². The number of rotatable bonds is 7. The molecule has 0 bridgehead atoms. The molecule has 5 rings (SSSR count). The van der Waals surface area contributed by atoms with E-state index < -0.39 is 0 Å². The van der Waals surface area contributed by atoms with E-state index >= 15 is 0 Å². The van der Waals surface area contributed by atoms with E-state index in [9.17, 15) is 4.79 Å². The maximum atomic E-state index is 12.8. The number of methoxy groups -OCH3 is 1. The lowest BCUT2D eigenvalue weighted by molar-refractivity contribution is -0.135. The van der Waals surface area contributed by atoms with Gasteiger partial charge in [-0.1, -0.05) is 18.2 Å². The molecular formula is C28H27N3O4. The molecule has 4 aromatic rings. The molecule has 0 atom stereocenters. The van der Waals surface area contributed by atoms with Crippen molar-refractivity contribution in [3.8, 4) is 17.2 Å². The normalized spacial score (nSPS) is 13.9. The van der Waals surface area contributed by atoms with Gasteiger partial charge in [-0.2, -0.15) is 0 Å². The van der Waals surface area contributed by atoms with E-state index in [0.29, 0.717) is 32.8 Å². The number of hydrogen-bond acceptors (Lipinski definition) is 5. The summed E-state index contributed by atoms with van der Waals surface area (Å²) in [6.45, 7) is 2.78. The van der Waals surface area contributed by atoms with Gasteiger partial charge >= 0.3 is 0 Å². The highest BCUT2D eigenvalue weighted by Gasteiger charge is 2.18. The minimum atomic E-state index is 0.102. The van der Waals surface area contributed by atoms with E-state index in [1.54, 1.807) is 7.11 Å². The number of morpholine rings is 1. The van der Waals surface area contributed by atoms with Crippen LogP contribution in [0.5, 0.6) is 17.2 Å². The Bertz CT molecular complexity index is 1320. The maximum Gasteiger partial charge on any atom is 0.242 e. The molecule has 1 aromatic heterocycles. The summed E-state index contributed by atoms with van der Waals surface area (Å²) in [5.74, 6) is 2.35. The molecule has 1 aliphatic rings. The van der Waals surface area contributed by atoms with Crippen molar-refractivity contribution in [2.75, 3.05) is 33.4 Å². The van der Waals surface area contributed by atoms with Gasteiger partial charge in [-0.3, -0.25) is 9.79 Å². The number of ether oxygens (including phenoxy) is 3. The van der Waals surface area contributed by atoms with Gasteiger partial charge in [0.05, 0.1) is 26.0 Å². The third-order valence-corrected chi connectivity index (χ3v) is 5.97. The molecule has 0 unspecified atom stereocenters. The topological polar surface area (TPSA) is 65.3 Å². The van der Waals surface area contributed by atoms with E-state index in [-0.39, 0.29) is 5.91 Å². The molecule has 0 spiro atoms. The fourth-order valence-electron chi connectivity index (χ4n) is 4.09. The molecular weight excluding hydrogens is 442 g/mol. The Hall–Kier alpha value is -4.10. The van der Waals surface area contributed by atoms with Crippen LogP contribution in [0, 0.1) is 0 Å². The molecule has 35 heavy (non-hydrogen) atoms. The van der Waals surface area contributed by atoms with Crippen molar-refractivity contribution in [2.24, 2.45) is 4.99 Å². The summed E-state index contributed by atoms with van der Waals surface area (Å²) in [7, 11) is 1.64. The second kappa shape index (κ2) is 10.4. The molecule has 0 saturated carbocycles. The number of hydrogen-bond donors (Lipinski definition) is 0. The van der Waals surface area contributed by atoms with Crippen LogP contribution in [-0.4, -0.2) is 55.0 Å². The average molecular weight is 470 g/mol. The van der Waals surface area contributed by atoms with Crippen LogP contribution in [0.1, 0.15) is 5.56 Å². The molecule has 2 heterocycles. The zero-order valence-electron chi connectivity index (χ0n) is 19.6. The van der Waals surface area contributed by atoms with Crippen LogP contribution in [0.4, 0.5) is 5.69 Å². The van der Waals surface area contributed by atoms with Crippen LogP contribution in [-0.2, 0) is 16.1 Å². The van der Waals surface area contributed by atoms with Gasteiger partial charge in [0.2, 0.25) is 5.91 Å². The van der Waals surface area contributed by atoms with Gasteiger partial charge in [0, 0.05) is 42.0 Å². The standard InChI is InChI=1S/C28H27N3O4/c1-33-23-10-12-25(13-11-23)35-24-8-6-22(7-9-24)29-18-21-19-31(27-5-3-2-4-26(21)27)20-28(32)30-14-16-34-17-15-30/h2-13,18-19H,14-17,20H2,1H3. The van der Waals surface area contributed by atoms with Gasteiger partial charge in [0.15, 0.2) is 0 Å². The van der Waals surface area contributed by atoms with Crippen molar-refractivity contribution in [1.82, 2.24) is 9.47 Å². The lowest BCUT2D eigenvalue weighted by atomic mass is 10.2. The number of carbonyl (C=O) groups excluding carboxylic acids is 1. The number of benzene rings is 3. The molecule has 0 aliphatic carbocycles. The Labute approximate surface area is 204 Å². The summed E-state index contributed by atoms with van der Waals surface area (Å²) in [6, 6.07) is 23.1. The third kappa shape index (κ3) is 5.36. The minimum Gasteiger partial charge on any atom is -0.497 e. The van der Waals surface area contributed by atoms with Crippen LogP contribution < -0.4 is 9.47 Å². The van der Waals surface area contributed by atoms with Gasteiger partial charge in [-0.25, -0.2) is 0 Å². The summed E-state index contributed by atoms with van der Waals surface area (Å²) in [4.78, 5) is 19.3. The van der Waals surface area contributed by atoms with Crippen molar-refractivity contribution < 1.29 is 19.0 Å². The molecule has 7 nitrogen and oxygen atoms in total. The number of amides is 1. The van der Waals surface area contributed by atoms with Crippen LogP contribution in [0.15, 0.2) is 84.0 Å². The van der Waals surface area contributed by atoms with Gasteiger partial charge < -0.3 is 23.7 Å². The zero-order valence-corrected chi connectivity index (χ0v) is 19.6. The van der Waals surface area contributed by atoms with E-state index in [1.807, 2.05) is 88.6 Å². The number of nitrogens with zero attached hydrogens (tertiary/aromatic N) is 3. The van der Waals surface area contributed by atoms with E-state index in [2.05, 4.69) is 11.1 Å². The largest absolute Gasteiger partial charge is 0.497 e. The summed E-state index contributed by atoms with van der Waals surface area (Å²) < 4.78 is 18.4. The molecule has 7 heteroatoms. The summed E-state index contributed by atoms with van der Waals surface area (Å²) in [5.41, 5.74) is 2.79. The highest BCUT2D eigenvalue weighted by Crippen LogP contribution is 2.26. The van der Waals surface area contributed by atoms with Crippen LogP contribution in [0.25, 0.3) is 10.9 Å². The maximum absolute atomic E-state index is 12.8. The number of fused-ring (bicyclic) bond motifs is 1. The van der Waals surface area contributed by atoms with E-state index in [1.165, 1.54) is 0 Å².